The molecule has 0 amide bonds. The molecule has 24 heavy (non-hydrogen) atoms. The van der Waals surface area contributed by atoms with Crippen LogP contribution >= 0.6 is 0 Å². The fourth-order valence-electron chi connectivity index (χ4n) is 3.23. The van der Waals surface area contributed by atoms with Crippen molar-refractivity contribution in [2.75, 3.05) is 11.9 Å². The van der Waals surface area contributed by atoms with Gasteiger partial charge in [-0.15, -0.1) is 0 Å². The topological polar surface area (TPSA) is 82.2 Å². The number of aryl methyl sites for hydroxylation is 1. The quantitative estimate of drug-likeness (QED) is 0.791. The van der Waals surface area contributed by atoms with E-state index in [1.54, 1.807) is 4.52 Å². The second-order valence-corrected chi connectivity index (χ2v) is 6.38. The van der Waals surface area contributed by atoms with E-state index in [9.17, 15) is 0 Å². The molecule has 1 N–H and O–H groups in total. The Bertz CT molecular complexity index is 853. The van der Waals surface area contributed by atoms with Gasteiger partial charge in [0.15, 0.2) is 0 Å². The van der Waals surface area contributed by atoms with Crippen LogP contribution in [0.15, 0.2) is 24.7 Å². The molecule has 8 nitrogen and oxygen atoms in total. The van der Waals surface area contributed by atoms with E-state index >= 15 is 0 Å². The highest BCUT2D eigenvalue weighted by Gasteiger charge is 2.33. The van der Waals surface area contributed by atoms with Crippen molar-refractivity contribution in [1.82, 2.24) is 29.4 Å². The predicted molar refractivity (Wildman–Crippen MR) is 88.9 cm³/mol. The van der Waals surface area contributed by atoms with E-state index in [2.05, 4.69) is 39.3 Å². The number of nitrogens with zero attached hydrogens (tertiary/aromatic N) is 6. The summed E-state index contributed by atoms with van der Waals surface area (Å²) < 4.78 is 9.76. The van der Waals surface area contributed by atoms with Gasteiger partial charge in [-0.25, -0.2) is 4.98 Å². The number of hydrogen-bond acceptors (Lipinski definition) is 6. The number of fused-ring (bicyclic) bond motifs is 1. The first-order chi connectivity index (χ1) is 11.6. The number of anilines is 1. The number of nitrogens with one attached hydrogen (secondary N) is 1. The first-order valence-electron chi connectivity index (χ1n) is 8.22. The Kier molecular flexibility index (Phi) is 3.68. The van der Waals surface area contributed by atoms with Crippen LogP contribution in [0.4, 0.5) is 5.82 Å². The van der Waals surface area contributed by atoms with Crippen LogP contribution in [0.5, 0.6) is 0 Å². The third kappa shape index (κ3) is 2.52. The largest absolute Gasteiger partial charge is 0.370 e. The Morgan fingerprint density at radius 1 is 1.33 bits per heavy atom. The van der Waals surface area contributed by atoms with E-state index in [0.717, 1.165) is 30.2 Å². The minimum Gasteiger partial charge on any atom is -0.370 e. The zero-order valence-electron chi connectivity index (χ0n) is 14.0. The smallest absolute Gasteiger partial charge is 0.254 e. The van der Waals surface area contributed by atoms with Crippen molar-refractivity contribution in [3.8, 4) is 0 Å². The van der Waals surface area contributed by atoms with Crippen LogP contribution in [0, 0.1) is 6.92 Å². The Morgan fingerprint density at radius 3 is 3.04 bits per heavy atom. The normalized spacial score (nSPS) is 21.0. The van der Waals surface area contributed by atoms with E-state index in [-0.39, 0.29) is 12.1 Å². The zero-order valence-corrected chi connectivity index (χ0v) is 14.0. The van der Waals surface area contributed by atoms with Crippen molar-refractivity contribution < 1.29 is 4.74 Å². The highest BCUT2D eigenvalue weighted by molar-refractivity contribution is 5.46. The summed E-state index contributed by atoms with van der Waals surface area (Å²) in [7, 11) is 0. The summed E-state index contributed by atoms with van der Waals surface area (Å²) in [4.78, 5) is 8.56. The molecule has 1 aliphatic rings. The van der Waals surface area contributed by atoms with Gasteiger partial charge in [0.1, 0.15) is 18.2 Å². The van der Waals surface area contributed by atoms with Gasteiger partial charge in [0, 0.05) is 30.6 Å². The number of ether oxygens (including phenoxy) is 1. The van der Waals surface area contributed by atoms with E-state index in [0.29, 0.717) is 11.8 Å². The highest BCUT2D eigenvalue weighted by Crippen LogP contribution is 2.32. The summed E-state index contributed by atoms with van der Waals surface area (Å²) in [6, 6.07) is 4.46. The van der Waals surface area contributed by atoms with Crippen molar-refractivity contribution in [2.45, 2.75) is 45.4 Å². The third-order valence-corrected chi connectivity index (χ3v) is 4.29. The molecule has 4 heterocycles. The molecular weight excluding hydrogens is 306 g/mol. The molecule has 1 fully saturated rings. The summed E-state index contributed by atoms with van der Waals surface area (Å²) in [6.45, 7) is 6.92. The molecule has 3 aromatic heterocycles. The van der Waals surface area contributed by atoms with Gasteiger partial charge in [-0.1, -0.05) is 0 Å². The molecule has 126 valence electrons. The van der Waals surface area contributed by atoms with Gasteiger partial charge >= 0.3 is 0 Å². The maximum absolute atomic E-state index is 6.01. The fourth-order valence-corrected chi connectivity index (χ4v) is 3.23. The van der Waals surface area contributed by atoms with Gasteiger partial charge in [-0.05, 0) is 33.3 Å². The third-order valence-electron chi connectivity index (χ3n) is 4.29. The van der Waals surface area contributed by atoms with Crippen molar-refractivity contribution in [3.63, 3.8) is 0 Å². The Balaban J connectivity index is 1.66. The first kappa shape index (κ1) is 15.1. The average molecular weight is 327 g/mol. The second kappa shape index (κ2) is 5.86. The lowest BCUT2D eigenvalue weighted by Crippen LogP contribution is -2.27. The van der Waals surface area contributed by atoms with E-state index in [1.807, 2.05) is 29.9 Å². The predicted octanol–water partition coefficient (Wildman–Crippen LogP) is 2.15. The number of hydrogen-bond donors (Lipinski definition) is 1. The van der Waals surface area contributed by atoms with E-state index < -0.39 is 0 Å². The lowest BCUT2D eigenvalue weighted by Gasteiger charge is -2.23. The molecule has 0 saturated carbocycles. The summed E-state index contributed by atoms with van der Waals surface area (Å²) in [5.74, 6) is 1.48. The molecule has 2 atom stereocenters. The van der Waals surface area contributed by atoms with Gasteiger partial charge in [-0.3, -0.25) is 4.68 Å². The molecule has 1 aliphatic heterocycles. The van der Waals surface area contributed by atoms with Gasteiger partial charge in [0.05, 0.1) is 11.7 Å². The van der Waals surface area contributed by atoms with Crippen molar-refractivity contribution in [2.24, 2.45) is 0 Å². The number of rotatable bonds is 4. The highest BCUT2D eigenvalue weighted by atomic mass is 16.5. The van der Waals surface area contributed by atoms with Crippen LogP contribution in [0.1, 0.15) is 43.8 Å². The minimum atomic E-state index is -0.0399. The van der Waals surface area contributed by atoms with E-state index in [1.165, 1.54) is 6.33 Å². The van der Waals surface area contributed by atoms with Crippen molar-refractivity contribution in [3.05, 3.63) is 36.0 Å². The Morgan fingerprint density at radius 2 is 2.21 bits per heavy atom. The number of aromatic nitrogens is 6. The molecule has 0 radical (unpaired) electrons. The van der Waals surface area contributed by atoms with Gasteiger partial charge in [-0.2, -0.15) is 19.7 Å². The lowest BCUT2D eigenvalue weighted by atomic mass is 10.1. The van der Waals surface area contributed by atoms with Crippen LogP contribution in [0.3, 0.4) is 0 Å². The van der Waals surface area contributed by atoms with Crippen LogP contribution in [-0.2, 0) is 4.74 Å². The molecule has 0 bridgehead atoms. The molecule has 0 spiro atoms. The maximum Gasteiger partial charge on any atom is 0.254 e. The first-order valence-corrected chi connectivity index (χ1v) is 8.22. The zero-order chi connectivity index (χ0) is 16.7. The van der Waals surface area contributed by atoms with Gasteiger partial charge in [0.25, 0.3) is 5.78 Å². The molecule has 4 rings (SSSR count). The Labute approximate surface area is 139 Å². The van der Waals surface area contributed by atoms with E-state index in [4.69, 9.17) is 4.74 Å². The van der Waals surface area contributed by atoms with Gasteiger partial charge < -0.3 is 10.1 Å². The molecule has 1 saturated heterocycles. The second-order valence-electron chi connectivity index (χ2n) is 6.38. The molecule has 0 aromatic carbocycles. The lowest BCUT2D eigenvalue weighted by molar-refractivity contribution is 0.0988. The fraction of sp³-hybridized carbons (Fsp3) is 0.500. The summed E-state index contributed by atoms with van der Waals surface area (Å²) in [6.07, 6.45) is 4.23. The minimum absolute atomic E-state index is 0.0399. The molecular formula is C16H21N7O. The molecule has 0 unspecified atom stereocenters. The van der Waals surface area contributed by atoms with Crippen molar-refractivity contribution >= 4 is 11.6 Å². The van der Waals surface area contributed by atoms with Gasteiger partial charge in [0.2, 0.25) is 0 Å². The molecule has 3 aromatic rings. The summed E-state index contributed by atoms with van der Waals surface area (Å²) >= 11 is 0. The maximum atomic E-state index is 6.01. The summed E-state index contributed by atoms with van der Waals surface area (Å²) in [5, 5.41) is 12.3. The van der Waals surface area contributed by atoms with Crippen LogP contribution in [-0.4, -0.2) is 42.0 Å². The SMILES string of the molecule is Cc1cc(N[C@H]2CCO[C@@H]2c2ccnn2C(C)C)n2ncnc2n1. The standard InChI is InChI=1S/C16H21N7O/c1-10(2)22-13(4-6-18-22)15-12(5-7-24-15)21-14-8-11(3)20-16-17-9-19-23(14)16/h4,6,8-10,12,15,21H,5,7H2,1-3H3/t12-,15-/m0/s1. The monoisotopic (exact) mass is 327 g/mol. The van der Waals surface area contributed by atoms with Crippen molar-refractivity contribution in [1.29, 1.82) is 0 Å². The van der Waals surface area contributed by atoms with Crippen LogP contribution in [0.2, 0.25) is 0 Å². The molecule has 8 heteroatoms. The average Bonchev–Trinajstić information content (AvgIpc) is 3.25. The van der Waals surface area contributed by atoms with Crippen LogP contribution < -0.4 is 5.32 Å². The molecule has 0 aliphatic carbocycles. The Hall–Kier alpha value is -2.48. The van der Waals surface area contributed by atoms with Crippen LogP contribution in [0.25, 0.3) is 5.78 Å². The summed E-state index contributed by atoms with van der Waals surface area (Å²) in [5.41, 5.74) is 2.00.